The van der Waals surface area contributed by atoms with Crippen LogP contribution >= 0.6 is 11.6 Å². The molecule has 4 rings (SSSR count). The topological polar surface area (TPSA) is 71.3 Å². The van der Waals surface area contributed by atoms with Gasteiger partial charge in [-0.25, -0.2) is 0 Å². The molecule has 6 nitrogen and oxygen atoms in total. The summed E-state index contributed by atoms with van der Waals surface area (Å²) in [4.78, 5) is 12.5. The standard InChI is InChI=1S/C20H16ClN5O/c21-17-10-16(7-8-18(17)22-11-14-4-2-1-3-5-14)24-20(27)15-6-9-19-25-23-13-26(19)12-15/h1-10,12-13,22H,11H2,(H,24,27). The van der Waals surface area contributed by atoms with Crippen molar-refractivity contribution in [2.24, 2.45) is 0 Å². The average Bonchev–Trinajstić information content (AvgIpc) is 3.16. The number of fused-ring (bicyclic) bond motifs is 1. The molecular formula is C20H16ClN5O. The smallest absolute Gasteiger partial charge is 0.257 e. The van der Waals surface area contributed by atoms with Crippen LogP contribution in [0.25, 0.3) is 5.65 Å². The summed E-state index contributed by atoms with van der Waals surface area (Å²) in [5, 5.41) is 14.4. The number of rotatable bonds is 5. The molecule has 2 N–H and O–H groups in total. The van der Waals surface area contributed by atoms with Crippen molar-refractivity contribution in [1.29, 1.82) is 0 Å². The number of aromatic nitrogens is 3. The van der Waals surface area contributed by atoms with Crippen molar-refractivity contribution in [1.82, 2.24) is 14.6 Å². The van der Waals surface area contributed by atoms with Gasteiger partial charge in [-0.1, -0.05) is 41.9 Å². The van der Waals surface area contributed by atoms with Crippen LogP contribution in [-0.2, 0) is 6.54 Å². The van der Waals surface area contributed by atoms with Gasteiger partial charge in [0, 0.05) is 18.4 Å². The van der Waals surface area contributed by atoms with E-state index in [2.05, 4.69) is 20.8 Å². The minimum atomic E-state index is -0.230. The molecule has 0 spiro atoms. The molecule has 0 aliphatic rings. The van der Waals surface area contributed by atoms with E-state index in [-0.39, 0.29) is 5.91 Å². The number of carbonyl (C=O) groups is 1. The summed E-state index contributed by atoms with van der Waals surface area (Å²) in [7, 11) is 0. The number of carbonyl (C=O) groups excluding carboxylic acids is 1. The normalized spacial score (nSPS) is 10.7. The van der Waals surface area contributed by atoms with Gasteiger partial charge in [-0.15, -0.1) is 10.2 Å². The van der Waals surface area contributed by atoms with Gasteiger partial charge in [0.15, 0.2) is 5.65 Å². The Morgan fingerprint density at radius 2 is 1.93 bits per heavy atom. The molecule has 2 aromatic carbocycles. The summed E-state index contributed by atoms with van der Waals surface area (Å²) in [6.45, 7) is 0.672. The first-order valence-corrected chi connectivity index (χ1v) is 8.75. The van der Waals surface area contributed by atoms with E-state index in [1.54, 1.807) is 35.1 Å². The lowest BCUT2D eigenvalue weighted by molar-refractivity contribution is 0.102. The second-order valence-corrected chi connectivity index (χ2v) is 6.41. The Balaban J connectivity index is 1.44. The predicted molar refractivity (Wildman–Crippen MR) is 106 cm³/mol. The molecule has 0 aliphatic carbocycles. The van der Waals surface area contributed by atoms with E-state index in [0.717, 1.165) is 11.3 Å². The molecule has 0 unspecified atom stereocenters. The lowest BCUT2D eigenvalue weighted by Crippen LogP contribution is -2.12. The number of pyridine rings is 1. The Kier molecular flexibility index (Phi) is 4.72. The number of hydrogen-bond acceptors (Lipinski definition) is 4. The molecule has 0 fully saturated rings. The van der Waals surface area contributed by atoms with Crippen molar-refractivity contribution in [3.8, 4) is 0 Å². The monoisotopic (exact) mass is 377 g/mol. The molecule has 0 saturated carbocycles. The highest BCUT2D eigenvalue weighted by Crippen LogP contribution is 2.26. The van der Waals surface area contributed by atoms with Gasteiger partial charge < -0.3 is 10.6 Å². The molecule has 0 saturated heterocycles. The highest BCUT2D eigenvalue weighted by molar-refractivity contribution is 6.33. The fraction of sp³-hybridized carbons (Fsp3) is 0.0500. The van der Waals surface area contributed by atoms with Crippen LogP contribution in [0, 0.1) is 0 Å². The van der Waals surface area contributed by atoms with Gasteiger partial charge in [-0.3, -0.25) is 9.20 Å². The van der Waals surface area contributed by atoms with E-state index in [4.69, 9.17) is 11.6 Å². The molecular weight excluding hydrogens is 362 g/mol. The van der Waals surface area contributed by atoms with Crippen LogP contribution in [0.3, 0.4) is 0 Å². The molecule has 0 atom stereocenters. The van der Waals surface area contributed by atoms with Crippen LogP contribution in [-0.4, -0.2) is 20.5 Å². The van der Waals surface area contributed by atoms with Gasteiger partial charge >= 0.3 is 0 Å². The third kappa shape index (κ3) is 3.91. The largest absolute Gasteiger partial charge is 0.380 e. The molecule has 7 heteroatoms. The number of hydrogen-bond donors (Lipinski definition) is 2. The molecule has 0 radical (unpaired) electrons. The maximum Gasteiger partial charge on any atom is 0.257 e. The third-order valence-corrected chi connectivity index (χ3v) is 4.42. The zero-order valence-electron chi connectivity index (χ0n) is 14.3. The molecule has 0 aliphatic heterocycles. The first kappa shape index (κ1) is 17.1. The summed E-state index contributed by atoms with van der Waals surface area (Å²) >= 11 is 6.35. The molecule has 4 aromatic rings. The summed E-state index contributed by atoms with van der Waals surface area (Å²) in [5.41, 5.74) is 3.78. The van der Waals surface area contributed by atoms with Crippen LogP contribution in [0.1, 0.15) is 15.9 Å². The highest BCUT2D eigenvalue weighted by Gasteiger charge is 2.09. The summed E-state index contributed by atoms with van der Waals surface area (Å²) in [5.74, 6) is -0.230. The van der Waals surface area contributed by atoms with E-state index in [0.29, 0.717) is 28.5 Å². The maximum absolute atomic E-state index is 12.5. The SMILES string of the molecule is O=C(Nc1ccc(NCc2ccccc2)c(Cl)c1)c1ccc2nncn2c1. The van der Waals surface area contributed by atoms with Crippen molar-refractivity contribution in [2.45, 2.75) is 6.54 Å². The fourth-order valence-corrected chi connectivity index (χ4v) is 2.94. The third-order valence-electron chi connectivity index (χ3n) is 4.11. The van der Waals surface area contributed by atoms with E-state index in [1.807, 2.05) is 42.5 Å². The minimum absolute atomic E-state index is 0.230. The second-order valence-electron chi connectivity index (χ2n) is 6.00. The van der Waals surface area contributed by atoms with Crippen LogP contribution in [0.2, 0.25) is 5.02 Å². The van der Waals surface area contributed by atoms with Crippen LogP contribution in [0.15, 0.2) is 73.2 Å². The lowest BCUT2D eigenvalue weighted by atomic mass is 10.2. The van der Waals surface area contributed by atoms with Gasteiger partial charge in [-0.2, -0.15) is 0 Å². The Morgan fingerprint density at radius 3 is 2.74 bits per heavy atom. The van der Waals surface area contributed by atoms with Crippen molar-refractivity contribution < 1.29 is 4.79 Å². The van der Waals surface area contributed by atoms with Crippen LogP contribution in [0.5, 0.6) is 0 Å². The van der Waals surface area contributed by atoms with Gasteiger partial charge in [0.1, 0.15) is 6.33 Å². The minimum Gasteiger partial charge on any atom is -0.380 e. The van der Waals surface area contributed by atoms with Crippen molar-refractivity contribution in [3.63, 3.8) is 0 Å². The fourth-order valence-electron chi connectivity index (χ4n) is 2.69. The summed E-state index contributed by atoms with van der Waals surface area (Å²) < 4.78 is 1.69. The molecule has 27 heavy (non-hydrogen) atoms. The average molecular weight is 378 g/mol. The molecule has 0 bridgehead atoms. The van der Waals surface area contributed by atoms with Crippen molar-refractivity contribution in [2.75, 3.05) is 10.6 Å². The van der Waals surface area contributed by atoms with Gasteiger partial charge in [0.2, 0.25) is 0 Å². The Bertz CT molecular complexity index is 1090. The molecule has 2 aromatic heterocycles. The molecule has 134 valence electrons. The predicted octanol–water partition coefficient (Wildman–Crippen LogP) is 4.25. The Morgan fingerprint density at radius 1 is 1.07 bits per heavy atom. The first-order valence-electron chi connectivity index (χ1n) is 8.37. The quantitative estimate of drug-likeness (QED) is 0.545. The maximum atomic E-state index is 12.5. The second kappa shape index (κ2) is 7.47. The zero-order chi connectivity index (χ0) is 18.6. The van der Waals surface area contributed by atoms with E-state index in [1.165, 1.54) is 0 Å². The number of amides is 1. The summed E-state index contributed by atoms with van der Waals surface area (Å²) in [6, 6.07) is 18.9. The van der Waals surface area contributed by atoms with Gasteiger partial charge in [0.25, 0.3) is 5.91 Å². The number of benzene rings is 2. The van der Waals surface area contributed by atoms with Gasteiger partial charge in [0.05, 0.1) is 16.3 Å². The zero-order valence-corrected chi connectivity index (χ0v) is 15.0. The van der Waals surface area contributed by atoms with E-state index < -0.39 is 0 Å². The Labute approximate surface area is 160 Å². The van der Waals surface area contributed by atoms with Crippen molar-refractivity contribution >= 4 is 34.5 Å². The van der Waals surface area contributed by atoms with Crippen LogP contribution < -0.4 is 10.6 Å². The number of halogens is 1. The number of nitrogens with one attached hydrogen (secondary N) is 2. The Hall–Kier alpha value is -3.38. The van der Waals surface area contributed by atoms with Crippen molar-refractivity contribution in [3.05, 3.63) is 89.3 Å². The molecule has 1 amide bonds. The number of nitrogens with zero attached hydrogens (tertiary/aromatic N) is 3. The summed E-state index contributed by atoms with van der Waals surface area (Å²) in [6.07, 6.45) is 3.23. The number of anilines is 2. The molecule has 2 heterocycles. The van der Waals surface area contributed by atoms with E-state index >= 15 is 0 Å². The lowest BCUT2D eigenvalue weighted by Gasteiger charge is -2.11. The van der Waals surface area contributed by atoms with Crippen LogP contribution in [0.4, 0.5) is 11.4 Å². The highest BCUT2D eigenvalue weighted by atomic mass is 35.5. The van der Waals surface area contributed by atoms with Gasteiger partial charge in [-0.05, 0) is 35.9 Å². The first-order chi connectivity index (χ1) is 13.2. The van der Waals surface area contributed by atoms with E-state index in [9.17, 15) is 4.79 Å².